The molecule has 0 bridgehead atoms. The van der Waals surface area contributed by atoms with Gasteiger partial charge in [-0.1, -0.05) is 23.7 Å². The molecular weight excluding hydrogens is 328 g/mol. The molecule has 0 radical (unpaired) electrons. The van der Waals surface area contributed by atoms with Gasteiger partial charge in [-0.3, -0.25) is 14.9 Å². The smallest absolute Gasteiger partial charge is 0.251 e. The standard InChI is InChI=1S/C17H15ClN4O2/c1-10(19-16(24)11-6-8-12(18)9-7-11)15(23)22-17-20-13-4-2-3-5-14(13)21-17/h2-10H,1H3,(H,19,24)(H2,20,21,22,23)/t10-/m0/s1. The number of fused-ring (bicyclic) bond motifs is 1. The second-order valence-corrected chi connectivity index (χ2v) is 5.73. The number of halogens is 1. The minimum absolute atomic E-state index is 0.341. The lowest BCUT2D eigenvalue weighted by Crippen LogP contribution is -2.41. The van der Waals surface area contributed by atoms with E-state index < -0.39 is 6.04 Å². The second-order valence-electron chi connectivity index (χ2n) is 5.29. The summed E-state index contributed by atoms with van der Waals surface area (Å²) in [6.45, 7) is 1.60. The summed E-state index contributed by atoms with van der Waals surface area (Å²) in [6, 6.07) is 13.2. The summed E-state index contributed by atoms with van der Waals surface area (Å²) in [4.78, 5) is 31.6. The highest BCUT2D eigenvalue weighted by atomic mass is 35.5. The molecule has 3 N–H and O–H groups in total. The zero-order valence-corrected chi connectivity index (χ0v) is 13.6. The average Bonchev–Trinajstić information content (AvgIpc) is 2.97. The van der Waals surface area contributed by atoms with Crippen molar-refractivity contribution >= 4 is 40.4 Å². The van der Waals surface area contributed by atoms with Gasteiger partial charge in [0, 0.05) is 10.6 Å². The average molecular weight is 343 g/mol. The summed E-state index contributed by atoms with van der Waals surface area (Å²) in [5, 5.41) is 5.83. The van der Waals surface area contributed by atoms with Gasteiger partial charge in [-0.2, -0.15) is 0 Å². The number of benzene rings is 2. The van der Waals surface area contributed by atoms with E-state index in [2.05, 4.69) is 20.6 Å². The molecule has 7 heteroatoms. The van der Waals surface area contributed by atoms with Crippen molar-refractivity contribution in [1.29, 1.82) is 0 Å². The summed E-state index contributed by atoms with van der Waals surface area (Å²) >= 11 is 5.79. The van der Waals surface area contributed by atoms with Crippen LogP contribution < -0.4 is 10.6 Å². The lowest BCUT2D eigenvalue weighted by Gasteiger charge is -2.13. The number of anilines is 1. The van der Waals surface area contributed by atoms with Crippen molar-refractivity contribution in [2.45, 2.75) is 13.0 Å². The number of H-pyrrole nitrogens is 1. The number of nitrogens with zero attached hydrogens (tertiary/aromatic N) is 1. The van der Waals surface area contributed by atoms with E-state index in [0.29, 0.717) is 16.5 Å². The van der Waals surface area contributed by atoms with Gasteiger partial charge < -0.3 is 10.3 Å². The summed E-state index contributed by atoms with van der Waals surface area (Å²) in [7, 11) is 0. The van der Waals surface area contributed by atoms with Crippen LogP contribution in [0.2, 0.25) is 5.02 Å². The van der Waals surface area contributed by atoms with Gasteiger partial charge >= 0.3 is 0 Å². The highest BCUT2D eigenvalue weighted by Crippen LogP contribution is 2.13. The van der Waals surface area contributed by atoms with E-state index in [0.717, 1.165) is 11.0 Å². The molecule has 1 atom stereocenters. The van der Waals surface area contributed by atoms with Crippen LogP contribution in [0.5, 0.6) is 0 Å². The zero-order valence-electron chi connectivity index (χ0n) is 12.8. The Morgan fingerprint density at radius 2 is 1.83 bits per heavy atom. The van der Waals surface area contributed by atoms with Crippen LogP contribution in [0.4, 0.5) is 5.95 Å². The fourth-order valence-electron chi connectivity index (χ4n) is 2.18. The van der Waals surface area contributed by atoms with E-state index in [9.17, 15) is 9.59 Å². The molecule has 0 saturated carbocycles. The molecule has 1 aromatic heterocycles. The minimum atomic E-state index is -0.721. The van der Waals surface area contributed by atoms with Crippen LogP contribution >= 0.6 is 11.6 Å². The number of aromatic nitrogens is 2. The molecule has 2 amide bonds. The van der Waals surface area contributed by atoms with Gasteiger partial charge in [0.2, 0.25) is 11.9 Å². The SMILES string of the molecule is C[C@H](NC(=O)c1ccc(Cl)cc1)C(=O)Nc1nc2ccccc2[nH]1. The molecule has 0 spiro atoms. The van der Waals surface area contributed by atoms with Crippen LogP contribution in [-0.4, -0.2) is 27.8 Å². The molecule has 0 saturated heterocycles. The van der Waals surface area contributed by atoms with Crippen molar-refractivity contribution in [3.8, 4) is 0 Å². The number of carbonyl (C=O) groups is 2. The fraction of sp³-hybridized carbons (Fsp3) is 0.118. The number of para-hydroxylation sites is 2. The highest BCUT2D eigenvalue weighted by molar-refractivity contribution is 6.30. The van der Waals surface area contributed by atoms with Crippen molar-refractivity contribution in [1.82, 2.24) is 15.3 Å². The normalized spacial score (nSPS) is 11.9. The molecule has 3 rings (SSSR count). The summed E-state index contributed by atoms with van der Waals surface area (Å²) < 4.78 is 0. The van der Waals surface area contributed by atoms with Gasteiger partial charge in [0.05, 0.1) is 11.0 Å². The van der Waals surface area contributed by atoms with Gasteiger partial charge in [-0.05, 0) is 43.3 Å². The van der Waals surface area contributed by atoms with E-state index in [1.807, 2.05) is 24.3 Å². The molecule has 3 aromatic rings. The Morgan fingerprint density at radius 3 is 2.54 bits per heavy atom. The number of aromatic amines is 1. The molecule has 122 valence electrons. The number of amides is 2. The number of carbonyl (C=O) groups excluding carboxylic acids is 2. The third-order valence-corrected chi connectivity index (χ3v) is 3.73. The molecule has 0 aliphatic carbocycles. The van der Waals surface area contributed by atoms with Crippen LogP contribution in [0.15, 0.2) is 48.5 Å². The van der Waals surface area contributed by atoms with Crippen LogP contribution in [0, 0.1) is 0 Å². The van der Waals surface area contributed by atoms with E-state index >= 15 is 0 Å². The molecule has 6 nitrogen and oxygen atoms in total. The lowest BCUT2D eigenvalue weighted by atomic mass is 10.2. The Labute approximate surface area is 143 Å². The molecule has 0 aliphatic heterocycles. The predicted molar refractivity (Wildman–Crippen MR) is 93.1 cm³/mol. The topological polar surface area (TPSA) is 86.9 Å². The number of rotatable bonds is 4. The molecule has 0 aliphatic rings. The number of nitrogens with one attached hydrogen (secondary N) is 3. The van der Waals surface area contributed by atoms with Crippen LogP contribution in [-0.2, 0) is 4.79 Å². The highest BCUT2D eigenvalue weighted by Gasteiger charge is 2.18. The monoisotopic (exact) mass is 342 g/mol. The predicted octanol–water partition coefficient (Wildman–Crippen LogP) is 2.97. The molecule has 24 heavy (non-hydrogen) atoms. The van der Waals surface area contributed by atoms with E-state index in [1.165, 1.54) is 0 Å². The maximum atomic E-state index is 12.2. The van der Waals surface area contributed by atoms with Gasteiger partial charge in [0.1, 0.15) is 6.04 Å². The third-order valence-electron chi connectivity index (χ3n) is 3.48. The van der Waals surface area contributed by atoms with Gasteiger partial charge in [0.25, 0.3) is 5.91 Å². The van der Waals surface area contributed by atoms with Gasteiger partial charge in [0.15, 0.2) is 0 Å². The van der Waals surface area contributed by atoms with Crippen molar-refractivity contribution in [2.24, 2.45) is 0 Å². The van der Waals surface area contributed by atoms with Crippen LogP contribution in [0.3, 0.4) is 0 Å². The summed E-state index contributed by atoms with van der Waals surface area (Å²) in [5.41, 5.74) is 2.01. The van der Waals surface area contributed by atoms with E-state index in [-0.39, 0.29) is 11.8 Å². The Balaban J connectivity index is 1.63. The second kappa shape index (κ2) is 6.72. The zero-order chi connectivity index (χ0) is 17.1. The largest absolute Gasteiger partial charge is 0.341 e. The van der Waals surface area contributed by atoms with Crippen LogP contribution in [0.25, 0.3) is 11.0 Å². The first kappa shape index (κ1) is 16.0. The van der Waals surface area contributed by atoms with Crippen molar-refractivity contribution < 1.29 is 9.59 Å². The van der Waals surface area contributed by atoms with E-state index in [1.54, 1.807) is 31.2 Å². The molecular formula is C17H15ClN4O2. The molecule has 2 aromatic carbocycles. The fourth-order valence-corrected chi connectivity index (χ4v) is 2.31. The number of hydrogen-bond donors (Lipinski definition) is 3. The number of imidazole rings is 1. The molecule has 1 heterocycles. The van der Waals surface area contributed by atoms with Crippen molar-refractivity contribution in [3.05, 3.63) is 59.1 Å². The summed E-state index contributed by atoms with van der Waals surface area (Å²) in [5.74, 6) is -0.371. The molecule has 0 unspecified atom stereocenters. The van der Waals surface area contributed by atoms with Crippen LogP contribution in [0.1, 0.15) is 17.3 Å². The summed E-state index contributed by atoms with van der Waals surface area (Å²) in [6.07, 6.45) is 0. The quantitative estimate of drug-likeness (QED) is 0.681. The van der Waals surface area contributed by atoms with E-state index in [4.69, 9.17) is 11.6 Å². The molecule has 0 fully saturated rings. The first-order valence-electron chi connectivity index (χ1n) is 7.35. The Hall–Kier alpha value is -2.86. The van der Waals surface area contributed by atoms with Crippen molar-refractivity contribution in [2.75, 3.05) is 5.32 Å². The Bertz CT molecular complexity index is 856. The Kier molecular flexibility index (Phi) is 4.48. The maximum Gasteiger partial charge on any atom is 0.251 e. The first-order valence-corrected chi connectivity index (χ1v) is 7.73. The third kappa shape index (κ3) is 3.55. The van der Waals surface area contributed by atoms with Gasteiger partial charge in [-0.25, -0.2) is 4.98 Å². The minimum Gasteiger partial charge on any atom is -0.341 e. The van der Waals surface area contributed by atoms with Crippen molar-refractivity contribution in [3.63, 3.8) is 0 Å². The lowest BCUT2D eigenvalue weighted by molar-refractivity contribution is -0.117. The maximum absolute atomic E-state index is 12.2. The number of hydrogen-bond acceptors (Lipinski definition) is 3. The van der Waals surface area contributed by atoms with Gasteiger partial charge in [-0.15, -0.1) is 0 Å². The first-order chi connectivity index (χ1) is 11.5. The Morgan fingerprint density at radius 1 is 1.12 bits per heavy atom.